The van der Waals surface area contributed by atoms with E-state index in [4.69, 9.17) is 0 Å². The smallest absolute Gasteiger partial charge is 0.279 e. The van der Waals surface area contributed by atoms with Crippen molar-refractivity contribution in [3.63, 3.8) is 0 Å². The molecule has 2 N–H and O–H groups in total. The molecule has 20 heavy (non-hydrogen) atoms. The van der Waals surface area contributed by atoms with Crippen LogP contribution in [0.4, 0.5) is 0 Å². The molecule has 0 spiro atoms. The minimum absolute atomic E-state index is 0.0995. The second-order valence-corrected chi connectivity index (χ2v) is 8.77. The summed E-state index contributed by atoms with van der Waals surface area (Å²) in [6, 6.07) is 0.433. The van der Waals surface area contributed by atoms with E-state index in [0.29, 0.717) is 19.1 Å². The van der Waals surface area contributed by atoms with Crippen LogP contribution >= 0.6 is 0 Å². The molecule has 0 aromatic heterocycles. The first-order chi connectivity index (χ1) is 8.97. The van der Waals surface area contributed by atoms with Crippen molar-refractivity contribution in [1.82, 2.24) is 14.3 Å². The Balaban J connectivity index is 4.16. The van der Waals surface area contributed by atoms with Crippen LogP contribution in [-0.2, 0) is 10.2 Å². The zero-order valence-electron chi connectivity index (χ0n) is 14.2. The average Bonchev–Trinajstić information content (AvgIpc) is 2.29. The first kappa shape index (κ1) is 19.8. The van der Waals surface area contributed by atoms with E-state index >= 15 is 0 Å². The maximum Gasteiger partial charge on any atom is 0.279 e. The minimum Gasteiger partial charge on any atom is -0.314 e. The van der Waals surface area contributed by atoms with Crippen molar-refractivity contribution in [1.29, 1.82) is 0 Å². The van der Waals surface area contributed by atoms with Crippen LogP contribution in [0.25, 0.3) is 0 Å². The predicted octanol–water partition coefficient (Wildman–Crippen LogP) is 1.82. The Morgan fingerprint density at radius 1 is 1.15 bits per heavy atom. The highest BCUT2D eigenvalue weighted by atomic mass is 32.2. The quantitative estimate of drug-likeness (QED) is 0.639. The normalized spacial score (nSPS) is 15.1. The summed E-state index contributed by atoms with van der Waals surface area (Å²) in [7, 11) is -1.74. The fourth-order valence-electron chi connectivity index (χ4n) is 1.46. The van der Waals surface area contributed by atoms with Crippen LogP contribution in [-0.4, -0.2) is 45.4 Å². The molecule has 0 aliphatic carbocycles. The molecule has 0 aromatic rings. The van der Waals surface area contributed by atoms with Crippen LogP contribution in [0.2, 0.25) is 0 Å². The highest BCUT2D eigenvalue weighted by molar-refractivity contribution is 7.87. The van der Waals surface area contributed by atoms with Gasteiger partial charge in [0.25, 0.3) is 10.2 Å². The maximum atomic E-state index is 12.1. The first-order valence-corrected chi connectivity index (χ1v) is 8.85. The molecular formula is C14H33N3O2S. The lowest BCUT2D eigenvalue weighted by Crippen LogP contribution is -2.42. The molecule has 0 aliphatic rings. The average molecular weight is 308 g/mol. The first-order valence-electron chi connectivity index (χ1n) is 7.41. The molecule has 122 valence electrons. The van der Waals surface area contributed by atoms with Gasteiger partial charge in [0.15, 0.2) is 0 Å². The zero-order valence-corrected chi connectivity index (χ0v) is 15.0. The summed E-state index contributed by atoms with van der Waals surface area (Å²) in [5.41, 5.74) is 0.0995. The summed E-state index contributed by atoms with van der Waals surface area (Å²) in [6.07, 6.45) is 0.810. The number of hydrogen-bond donors (Lipinski definition) is 2. The Kier molecular flexibility index (Phi) is 8.25. The fourth-order valence-corrected chi connectivity index (χ4v) is 2.51. The van der Waals surface area contributed by atoms with Crippen LogP contribution in [0.5, 0.6) is 0 Å². The molecule has 0 saturated carbocycles. The molecule has 1 atom stereocenters. The molecule has 0 rings (SSSR count). The molecule has 5 nitrogen and oxygen atoms in total. The summed E-state index contributed by atoms with van der Waals surface area (Å²) in [4.78, 5) is 0. The lowest BCUT2D eigenvalue weighted by molar-refractivity contribution is 0.261. The maximum absolute atomic E-state index is 12.1. The van der Waals surface area contributed by atoms with Crippen molar-refractivity contribution in [3.05, 3.63) is 0 Å². The van der Waals surface area contributed by atoms with Crippen LogP contribution < -0.4 is 10.0 Å². The number of nitrogens with one attached hydrogen (secondary N) is 2. The van der Waals surface area contributed by atoms with Crippen molar-refractivity contribution >= 4 is 10.2 Å². The lowest BCUT2D eigenvalue weighted by Gasteiger charge is -2.28. The van der Waals surface area contributed by atoms with Gasteiger partial charge in [-0.15, -0.1) is 0 Å². The topological polar surface area (TPSA) is 61.4 Å². The minimum atomic E-state index is -3.36. The van der Waals surface area contributed by atoms with Gasteiger partial charge in [-0.05, 0) is 24.3 Å². The van der Waals surface area contributed by atoms with Gasteiger partial charge in [-0.25, -0.2) is 4.72 Å². The number of hydrogen-bond acceptors (Lipinski definition) is 3. The van der Waals surface area contributed by atoms with E-state index < -0.39 is 10.2 Å². The van der Waals surface area contributed by atoms with E-state index in [2.05, 4.69) is 51.6 Å². The summed E-state index contributed by atoms with van der Waals surface area (Å²) < 4.78 is 28.3. The third-order valence-corrected chi connectivity index (χ3v) is 5.20. The van der Waals surface area contributed by atoms with Gasteiger partial charge in [0, 0.05) is 26.2 Å². The molecule has 0 amide bonds. The number of nitrogens with zero attached hydrogens (tertiary/aromatic N) is 1. The van der Waals surface area contributed by atoms with Crippen molar-refractivity contribution in [2.75, 3.05) is 26.7 Å². The second-order valence-electron chi connectivity index (χ2n) is 6.90. The van der Waals surface area contributed by atoms with E-state index in [1.54, 1.807) is 7.05 Å². The van der Waals surface area contributed by atoms with E-state index in [-0.39, 0.29) is 11.3 Å². The van der Waals surface area contributed by atoms with Gasteiger partial charge < -0.3 is 5.32 Å². The van der Waals surface area contributed by atoms with Crippen molar-refractivity contribution in [2.45, 2.75) is 54.0 Å². The monoisotopic (exact) mass is 307 g/mol. The molecule has 6 heteroatoms. The molecule has 0 fully saturated rings. The van der Waals surface area contributed by atoms with Crippen LogP contribution in [0.1, 0.15) is 48.0 Å². The van der Waals surface area contributed by atoms with Gasteiger partial charge >= 0.3 is 0 Å². The van der Waals surface area contributed by atoms with Gasteiger partial charge in [-0.1, -0.05) is 41.5 Å². The molecule has 1 unspecified atom stereocenters. The van der Waals surface area contributed by atoms with Crippen molar-refractivity contribution in [3.8, 4) is 0 Å². The van der Waals surface area contributed by atoms with Gasteiger partial charge in [0.2, 0.25) is 0 Å². The fraction of sp³-hybridized carbons (Fsp3) is 1.00. The highest BCUT2D eigenvalue weighted by Gasteiger charge is 2.23. The summed E-state index contributed by atoms with van der Waals surface area (Å²) >= 11 is 0. The SMILES string of the molecule is CC(C)NCCCN(C)S(=O)(=O)NCC(C)C(C)(C)C. The Morgan fingerprint density at radius 3 is 2.15 bits per heavy atom. The lowest BCUT2D eigenvalue weighted by atomic mass is 9.82. The van der Waals surface area contributed by atoms with Crippen LogP contribution in [0.15, 0.2) is 0 Å². The predicted molar refractivity (Wildman–Crippen MR) is 85.9 cm³/mol. The zero-order chi connectivity index (χ0) is 16.0. The Morgan fingerprint density at radius 2 is 1.70 bits per heavy atom. The Bertz CT molecular complexity index is 361. The second kappa shape index (κ2) is 8.32. The highest BCUT2D eigenvalue weighted by Crippen LogP contribution is 2.24. The summed E-state index contributed by atoms with van der Waals surface area (Å²) in [5, 5.41) is 3.28. The molecule has 0 radical (unpaired) electrons. The van der Waals surface area contributed by atoms with Crippen LogP contribution in [0.3, 0.4) is 0 Å². The van der Waals surface area contributed by atoms with Gasteiger partial charge in [0.05, 0.1) is 0 Å². The molecule has 0 saturated heterocycles. The Hall–Kier alpha value is -0.170. The third-order valence-electron chi connectivity index (χ3n) is 3.66. The van der Waals surface area contributed by atoms with Crippen molar-refractivity contribution < 1.29 is 8.42 Å². The van der Waals surface area contributed by atoms with Crippen molar-refractivity contribution in [2.24, 2.45) is 11.3 Å². The number of rotatable bonds is 9. The standard InChI is InChI=1S/C14H33N3O2S/c1-12(2)15-9-8-10-17(7)20(18,19)16-11-13(3)14(4,5)6/h12-13,15-16H,8-11H2,1-7H3. The van der Waals surface area contributed by atoms with E-state index in [9.17, 15) is 8.42 Å². The molecule has 0 heterocycles. The van der Waals surface area contributed by atoms with Gasteiger partial charge in [-0.3, -0.25) is 0 Å². The van der Waals surface area contributed by atoms with E-state index in [0.717, 1.165) is 13.0 Å². The molecule has 0 aliphatic heterocycles. The molecule has 0 aromatic carbocycles. The largest absolute Gasteiger partial charge is 0.314 e. The van der Waals surface area contributed by atoms with Gasteiger partial charge in [-0.2, -0.15) is 12.7 Å². The molecule has 0 bridgehead atoms. The Labute approximate surface area is 125 Å². The third kappa shape index (κ3) is 8.19. The van der Waals surface area contributed by atoms with Gasteiger partial charge in [0.1, 0.15) is 0 Å². The summed E-state index contributed by atoms with van der Waals surface area (Å²) in [5.74, 6) is 0.285. The summed E-state index contributed by atoms with van der Waals surface area (Å²) in [6.45, 7) is 14.4. The van der Waals surface area contributed by atoms with E-state index in [1.807, 2.05) is 0 Å². The van der Waals surface area contributed by atoms with Crippen LogP contribution in [0, 0.1) is 11.3 Å². The van der Waals surface area contributed by atoms with E-state index in [1.165, 1.54) is 4.31 Å². The molecular weight excluding hydrogens is 274 g/mol.